The molecule has 1 atom stereocenters. The number of halogens is 1. The predicted octanol–water partition coefficient (Wildman–Crippen LogP) is 5.35. The van der Waals surface area contributed by atoms with E-state index < -0.39 is 11.3 Å². The van der Waals surface area contributed by atoms with E-state index in [0.717, 1.165) is 62.8 Å². The molecule has 2 aromatic rings. The minimum absolute atomic E-state index is 0.156. The standard InChI is InChI=1S/C23H30ClN5O2S/c1-15(21(30)26-22(31)25-16-9-3-2-4-10-16)32-23-28-27-20(18-13-7-8-14-19(18)24)29(23)17-11-5-6-12-17/h7-8,13-17H,2-6,9-12H2,1H3,(H2,25,26,30,31)/t15-/m0/s1. The van der Waals surface area contributed by atoms with E-state index in [9.17, 15) is 9.59 Å². The van der Waals surface area contributed by atoms with Crippen molar-refractivity contribution in [2.75, 3.05) is 0 Å². The number of carbonyl (C=O) groups is 2. The molecule has 3 amide bonds. The topological polar surface area (TPSA) is 88.9 Å². The third kappa shape index (κ3) is 5.46. The lowest BCUT2D eigenvalue weighted by Crippen LogP contribution is -2.47. The molecule has 1 aromatic carbocycles. The maximum atomic E-state index is 12.7. The molecule has 0 saturated heterocycles. The molecule has 2 aliphatic rings. The number of rotatable bonds is 6. The fourth-order valence-electron chi connectivity index (χ4n) is 4.57. The molecule has 0 radical (unpaired) electrons. The molecule has 2 saturated carbocycles. The van der Waals surface area contributed by atoms with Crippen LogP contribution in [0.1, 0.15) is 70.8 Å². The van der Waals surface area contributed by atoms with Crippen molar-refractivity contribution in [3.8, 4) is 11.4 Å². The van der Waals surface area contributed by atoms with E-state index in [1.54, 1.807) is 6.92 Å². The van der Waals surface area contributed by atoms with Crippen LogP contribution in [0.15, 0.2) is 29.4 Å². The summed E-state index contributed by atoms with van der Waals surface area (Å²) < 4.78 is 2.13. The predicted molar refractivity (Wildman–Crippen MR) is 127 cm³/mol. The lowest BCUT2D eigenvalue weighted by Gasteiger charge is -2.23. The number of aromatic nitrogens is 3. The molecule has 0 spiro atoms. The second-order valence-electron chi connectivity index (χ2n) is 8.65. The highest BCUT2D eigenvalue weighted by atomic mass is 35.5. The number of urea groups is 1. The highest BCUT2D eigenvalue weighted by Crippen LogP contribution is 2.39. The minimum atomic E-state index is -0.490. The number of nitrogens with one attached hydrogen (secondary N) is 2. The fourth-order valence-corrected chi connectivity index (χ4v) is 5.71. The van der Waals surface area contributed by atoms with Crippen molar-refractivity contribution in [2.45, 2.75) is 87.2 Å². The molecule has 2 fully saturated rings. The zero-order valence-electron chi connectivity index (χ0n) is 18.3. The minimum Gasteiger partial charge on any atom is -0.335 e. The number of hydrogen-bond donors (Lipinski definition) is 2. The first-order valence-corrected chi connectivity index (χ1v) is 12.8. The number of nitrogens with zero attached hydrogens (tertiary/aromatic N) is 3. The second-order valence-corrected chi connectivity index (χ2v) is 10.4. The van der Waals surface area contributed by atoms with E-state index in [1.165, 1.54) is 18.2 Å². The molecular weight excluding hydrogens is 446 g/mol. The van der Waals surface area contributed by atoms with Crippen molar-refractivity contribution >= 4 is 35.3 Å². The first-order valence-electron chi connectivity index (χ1n) is 11.5. The molecule has 172 valence electrons. The van der Waals surface area contributed by atoms with Gasteiger partial charge in [0.15, 0.2) is 11.0 Å². The first kappa shape index (κ1) is 23.1. The third-order valence-electron chi connectivity index (χ3n) is 6.30. The Labute approximate surface area is 198 Å². The van der Waals surface area contributed by atoms with Crippen LogP contribution in [0.4, 0.5) is 4.79 Å². The summed E-state index contributed by atoms with van der Waals surface area (Å²) in [5.74, 6) is 0.399. The lowest BCUT2D eigenvalue weighted by atomic mass is 9.96. The molecule has 32 heavy (non-hydrogen) atoms. The van der Waals surface area contributed by atoms with Gasteiger partial charge in [0.2, 0.25) is 5.91 Å². The maximum absolute atomic E-state index is 12.7. The average molecular weight is 476 g/mol. The van der Waals surface area contributed by atoms with Gasteiger partial charge in [-0.3, -0.25) is 14.7 Å². The number of imide groups is 1. The fraction of sp³-hybridized carbons (Fsp3) is 0.565. The van der Waals surface area contributed by atoms with E-state index in [1.807, 2.05) is 24.3 Å². The zero-order valence-corrected chi connectivity index (χ0v) is 19.9. The summed E-state index contributed by atoms with van der Waals surface area (Å²) in [6.45, 7) is 1.79. The summed E-state index contributed by atoms with van der Waals surface area (Å²) in [7, 11) is 0. The highest BCUT2D eigenvalue weighted by molar-refractivity contribution is 8.00. The summed E-state index contributed by atoms with van der Waals surface area (Å²) in [6.07, 6.45) is 9.82. The normalized spacial score (nSPS) is 18.4. The molecule has 1 aromatic heterocycles. The molecule has 4 rings (SSSR count). The van der Waals surface area contributed by atoms with Gasteiger partial charge >= 0.3 is 6.03 Å². The van der Waals surface area contributed by atoms with Crippen LogP contribution in [-0.4, -0.2) is 38.0 Å². The summed E-state index contributed by atoms with van der Waals surface area (Å²) in [6, 6.07) is 7.64. The van der Waals surface area contributed by atoms with Crippen molar-refractivity contribution in [1.29, 1.82) is 0 Å². The smallest absolute Gasteiger partial charge is 0.321 e. The number of amides is 3. The molecule has 7 nitrogen and oxygen atoms in total. The van der Waals surface area contributed by atoms with Crippen LogP contribution >= 0.6 is 23.4 Å². The van der Waals surface area contributed by atoms with Gasteiger partial charge in [-0.05, 0) is 44.7 Å². The summed E-state index contributed by atoms with van der Waals surface area (Å²) in [5, 5.41) is 15.1. The van der Waals surface area contributed by atoms with E-state index in [-0.39, 0.29) is 18.0 Å². The van der Waals surface area contributed by atoms with Crippen LogP contribution in [0, 0.1) is 0 Å². The van der Waals surface area contributed by atoms with E-state index in [4.69, 9.17) is 11.6 Å². The Kier molecular flexibility index (Phi) is 7.73. The van der Waals surface area contributed by atoms with Crippen LogP contribution in [0.3, 0.4) is 0 Å². The molecule has 2 aliphatic carbocycles. The second kappa shape index (κ2) is 10.7. The van der Waals surface area contributed by atoms with Gasteiger partial charge in [0.1, 0.15) is 0 Å². The Bertz CT molecular complexity index is 954. The quantitative estimate of drug-likeness (QED) is 0.549. The molecule has 0 unspecified atom stereocenters. The van der Waals surface area contributed by atoms with Crippen molar-refractivity contribution in [2.24, 2.45) is 0 Å². The van der Waals surface area contributed by atoms with Gasteiger partial charge < -0.3 is 5.32 Å². The van der Waals surface area contributed by atoms with Crippen molar-refractivity contribution in [3.63, 3.8) is 0 Å². The maximum Gasteiger partial charge on any atom is 0.321 e. The van der Waals surface area contributed by atoms with Gasteiger partial charge in [-0.15, -0.1) is 10.2 Å². The monoisotopic (exact) mass is 475 g/mol. The van der Waals surface area contributed by atoms with Gasteiger partial charge in [-0.2, -0.15) is 0 Å². The van der Waals surface area contributed by atoms with Gasteiger partial charge in [0.05, 0.1) is 10.3 Å². The molecule has 0 aliphatic heterocycles. The Morgan fingerprint density at radius 1 is 1.06 bits per heavy atom. The Morgan fingerprint density at radius 2 is 1.75 bits per heavy atom. The van der Waals surface area contributed by atoms with E-state index in [2.05, 4.69) is 25.4 Å². The van der Waals surface area contributed by atoms with Crippen LogP contribution in [0.5, 0.6) is 0 Å². The molecule has 1 heterocycles. The highest BCUT2D eigenvalue weighted by Gasteiger charge is 2.28. The van der Waals surface area contributed by atoms with Gasteiger partial charge in [-0.25, -0.2) is 4.79 Å². The summed E-state index contributed by atoms with van der Waals surface area (Å²) in [4.78, 5) is 25.0. The van der Waals surface area contributed by atoms with Gasteiger partial charge in [0.25, 0.3) is 0 Å². The molecule has 9 heteroatoms. The molecule has 0 bridgehead atoms. The third-order valence-corrected chi connectivity index (χ3v) is 7.68. The number of benzene rings is 1. The van der Waals surface area contributed by atoms with Gasteiger partial charge in [-0.1, -0.05) is 67.6 Å². The largest absolute Gasteiger partial charge is 0.335 e. The zero-order chi connectivity index (χ0) is 22.5. The molecular formula is C23H30ClN5O2S. The van der Waals surface area contributed by atoms with Crippen LogP contribution in [0.25, 0.3) is 11.4 Å². The Hall–Kier alpha value is -2.06. The average Bonchev–Trinajstić information content (AvgIpc) is 3.44. The lowest BCUT2D eigenvalue weighted by molar-refractivity contribution is -0.119. The van der Waals surface area contributed by atoms with Crippen LogP contribution < -0.4 is 10.6 Å². The van der Waals surface area contributed by atoms with E-state index >= 15 is 0 Å². The van der Waals surface area contributed by atoms with Crippen molar-refractivity contribution < 1.29 is 9.59 Å². The Morgan fingerprint density at radius 3 is 2.47 bits per heavy atom. The van der Waals surface area contributed by atoms with Crippen LogP contribution in [-0.2, 0) is 4.79 Å². The first-order chi connectivity index (χ1) is 15.5. The van der Waals surface area contributed by atoms with Crippen molar-refractivity contribution in [1.82, 2.24) is 25.4 Å². The van der Waals surface area contributed by atoms with E-state index in [0.29, 0.717) is 10.2 Å². The SMILES string of the molecule is C[C@H](Sc1nnc(-c2ccccc2Cl)n1C1CCCC1)C(=O)NC(=O)NC1CCCCC1. The van der Waals surface area contributed by atoms with Crippen molar-refractivity contribution in [3.05, 3.63) is 29.3 Å². The van der Waals surface area contributed by atoms with Gasteiger partial charge in [0, 0.05) is 17.6 Å². The molecule has 2 N–H and O–H groups in total. The number of hydrogen-bond acceptors (Lipinski definition) is 5. The number of carbonyl (C=O) groups excluding carboxylic acids is 2. The Balaban J connectivity index is 1.46. The van der Waals surface area contributed by atoms with Crippen LogP contribution in [0.2, 0.25) is 5.02 Å². The summed E-state index contributed by atoms with van der Waals surface area (Å²) in [5.41, 5.74) is 0.837. The summed E-state index contributed by atoms with van der Waals surface area (Å²) >= 11 is 7.77. The number of thioether (sulfide) groups is 1.